The first-order valence-electron chi connectivity index (χ1n) is 16.9. The molecule has 0 unspecified atom stereocenters. The van der Waals surface area contributed by atoms with E-state index >= 15 is 4.79 Å². The molecule has 6 aromatic carbocycles. The van der Waals surface area contributed by atoms with Gasteiger partial charge in [-0.15, -0.1) is 0 Å². The van der Waals surface area contributed by atoms with Crippen LogP contribution in [0.4, 0.5) is 0 Å². The van der Waals surface area contributed by atoms with Crippen LogP contribution in [0.2, 0.25) is 0 Å². The summed E-state index contributed by atoms with van der Waals surface area (Å²) < 4.78 is 6.08. The number of benzene rings is 6. The van der Waals surface area contributed by atoms with Crippen LogP contribution in [0, 0.1) is 0 Å². The maximum absolute atomic E-state index is 15.3. The van der Waals surface area contributed by atoms with Gasteiger partial charge in [0.15, 0.2) is 11.6 Å². The number of hydrogen-bond acceptors (Lipinski definition) is 4. The third kappa shape index (κ3) is 4.45. The molecule has 0 aliphatic heterocycles. The van der Waals surface area contributed by atoms with Crippen molar-refractivity contribution in [3.8, 4) is 40.1 Å². The van der Waals surface area contributed by atoms with Crippen molar-refractivity contribution in [1.82, 2.24) is 28.7 Å². The maximum atomic E-state index is 15.3. The van der Waals surface area contributed by atoms with E-state index in [0.29, 0.717) is 28.6 Å². The molecule has 0 spiro atoms. The van der Waals surface area contributed by atoms with Gasteiger partial charge in [0.2, 0.25) is 5.95 Å². The molecule has 7 heteroatoms. The fourth-order valence-corrected chi connectivity index (χ4v) is 7.33. The van der Waals surface area contributed by atoms with Gasteiger partial charge >= 0.3 is 0 Å². The van der Waals surface area contributed by atoms with E-state index in [1.165, 1.54) is 0 Å². The number of fused-ring (bicyclic) bond motifs is 7. The summed E-state index contributed by atoms with van der Waals surface area (Å²) in [7, 11) is 0. The van der Waals surface area contributed by atoms with E-state index in [2.05, 4.69) is 34.9 Å². The number of hydrogen-bond donors (Lipinski definition) is 0. The first-order valence-corrected chi connectivity index (χ1v) is 16.9. The van der Waals surface area contributed by atoms with Gasteiger partial charge in [-0.25, -0.2) is 4.98 Å². The minimum Gasteiger partial charge on any atom is -0.308 e. The monoisotopic (exact) mass is 656 g/mol. The van der Waals surface area contributed by atoms with E-state index in [4.69, 9.17) is 15.0 Å². The lowest BCUT2D eigenvalue weighted by molar-refractivity contribution is 0.916. The Hall–Kier alpha value is -7.12. The topological polar surface area (TPSA) is 70.5 Å². The predicted molar refractivity (Wildman–Crippen MR) is 205 cm³/mol. The summed E-state index contributed by atoms with van der Waals surface area (Å²) in [6, 6.07) is 56.4. The summed E-state index contributed by atoms with van der Waals surface area (Å²) >= 11 is 0. The number of aromatic nitrogens is 6. The molecule has 0 bridgehead atoms. The Labute approximate surface area is 292 Å². The molecule has 0 atom stereocenters. The third-order valence-corrected chi connectivity index (χ3v) is 9.51. The lowest BCUT2D eigenvalue weighted by atomic mass is 10.1. The Kier molecular flexibility index (Phi) is 6.50. The fourth-order valence-electron chi connectivity index (χ4n) is 7.33. The number of para-hydroxylation sites is 4. The van der Waals surface area contributed by atoms with Crippen LogP contribution in [0.1, 0.15) is 0 Å². The summed E-state index contributed by atoms with van der Waals surface area (Å²) in [5.41, 5.74) is 6.66. The molecule has 0 fully saturated rings. The first-order chi connectivity index (χ1) is 25.3. The highest BCUT2D eigenvalue weighted by Crippen LogP contribution is 2.41. The minimum absolute atomic E-state index is 0.126. The Morgan fingerprint density at radius 1 is 0.392 bits per heavy atom. The first kappa shape index (κ1) is 28.9. The van der Waals surface area contributed by atoms with Gasteiger partial charge in [0, 0.05) is 27.6 Å². The molecule has 10 rings (SSSR count). The normalized spacial score (nSPS) is 11.6. The zero-order valence-electron chi connectivity index (χ0n) is 27.3. The SMILES string of the molecule is O=c1c2c3ccccc3n(-c3ccccc3)c2c2c3ccccc3n(-c3nc(-c4ccccc4)nc(-c4ccccc4)n3)c2n1-c1ccccc1. The molecule has 10 aromatic rings. The second kappa shape index (κ2) is 11.5. The molecule has 4 heterocycles. The second-order valence-corrected chi connectivity index (χ2v) is 12.5. The summed E-state index contributed by atoms with van der Waals surface area (Å²) in [6.07, 6.45) is 0. The molecule has 0 saturated carbocycles. The standard InChI is InChI=1S/C44H28N6O/c51-43-38-34-26-14-15-27-35(34)48(31-21-9-3-10-22-31)39(38)37-33-25-13-16-28-36(33)50(42(37)49(43)32-23-11-4-12-24-32)44-46-40(29-17-5-1-6-18-29)45-41(47-44)30-19-7-2-8-20-30/h1-28H. The van der Waals surface area contributed by atoms with E-state index in [-0.39, 0.29) is 5.56 Å². The smallest absolute Gasteiger partial charge is 0.266 e. The highest BCUT2D eigenvalue weighted by molar-refractivity contribution is 6.25. The van der Waals surface area contributed by atoms with Crippen LogP contribution >= 0.6 is 0 Å². The van der Waals surface area contributed by atoms with Crippen LogP contribution < -0.4 is 5.56 Å². The van der Waals surface area contributed by atoms with E-state index in [0.717, 1.165) is 55.2 Å². The molecular formula is C44H28N6O. The molecule has 51 heavy (non-hydrogen) atoms. The van der Waals surface area contributed by atoms with Crippen molar-refractivity contribution in [1.29, 1.82) is 0 Å². The summed E-state index contributed by atoms with van der Waals surface area (Å²) in [6.45, 7) is 0. The van der Waals surface area contributed by atoms with Crippen molar-refractivity contribution >= 4 is 43.7 Å². The van der Waals surface area contributed by atoms with E-state index in [9.17, 15) is 0 Å². The van der Waals surface area contributed by atoms with Crippen LogP contribution in [0.5, 0.6) is 0 Å². The van der Waals surface area contributed by atoms with Crippen molar-refractivity contribution < 1.29 is 0 Å². The molecular weight excluding hydrogens is 629 g/mol. The average molecular weight is 657 g/mol. The molecule has 0 N–H and O–H groups in total. The van der Waals surface area contributed by atoms with Gasteiger partial charge in [0.25, 0.3) is 5.56 Å². The zero-order valence-corrected chi connectivity index (χ0v) is 27.3. The molecule has 0 aliphatic rings. The van der Waals surface area contributed by atoms with Gasteiger partial charge in [0.1, 0.15) is 5.65 Å². The number of pyridine rings is 1. The third-order valence-electron chi connectivity index (χ3n) is 9.51. The Bertz CT molecular complexity index is 2910. The molecule has 0 amide bonds. The highest BCUT2D eigenvalue weighted by atomic mass is 16.1. The summed E-state index contributed by atoms with van der Waals surface area (Å²) in [4.78, 5) is 30.6. The second-order valence-electron chi connectivity index (χ2n) is 12.5. The van der Waals surface area contributed by atoms with Crippen LogP contribution in [0.15, 0.2) is 175 Å². The van der Waals surface area contributed by atoms with Crippen molar-refractivity contribution in [2.45, 2.75) is 0 Å². The largest absolute Gasteiger partial charge is 0.308 e. The fraction of sp³-hybridized carbons (Fsp3) is 0. The van der Waals surface area contributed by atoms with Crippen molar-refractivity contribution in [3.05, 3.63) is 180 Å². The van der Waals surface area contributed by atoms with Crippen molar-refractivity contribution in [3.63, 3.8) is 0 Å². The van der Waals surface area contributed by atoms with Crippen LogP contribution in [-0.2, 0) is 0 Å². The van der Waals surface area contributed by atoms with Gasteiger partial charge in [-0.2, -0.15) is 9.97 Å². The molecule has 240 valence electrons. The van der Waals surface area contributed by atoms with Gasteiger partial charge in [0.05, 0.1) is 33.0 Å². The quantitative estimate of drug-likeness (QED) is 0.185. The Morgan fingerprint density at radius 3 is 1.37 bits per heavy atom. The number of nitrogens with zero attached hydrogens (tertiary/aromatic N) is 6. The van der Waals surface area contributed by atoms with Gasteiger partial charge in [-0.1, -0.05) is 133 Å². The Morgan fingerprint density at radius 2 is 0.824 bits per heavy atom. The van der Waals surface area contributed by atoms with Crippen molar-refractivity contribution in [2.75, 3.05) is 0 Å². The summed E-state index contributed by atoms with van der Waals surface area (Å²) in [5, 5.41) is 3.44. The van der Waals surface area contributed by atoms with E-state index < -0.39 is 0 Å². The van der Waals surface area contributed by atoms with Crippen LogP contribution in [0.25, 0.3) is 83.8 Å². The van der Waals surface area contributed by atoms with Gasteiger partial charge < -0.3 is 4.57 Å². The van der Waals surface area contributed by atoms with Crippen LogP contribution in [0.3, 0.4) is 0 Å². The highest BCUT2D eigenvalue weighted by Gasteiger charge is 2.28. The molecule has 4 aromatic heterocycles. The van der Waals surface area contributed by atoms with E-state index in [1.807, 2.05) is 149 Å². The van der Waals surface area contributed by atoms with Crippen molar-refractivity contribution in [2.24, 2.45) is 0 Å². The minimum atomic E-state index is -0.126. The lowest BCUT2D eigenvalue weighted by Crippen LogP contribution is -2.21. The average Bonchev–Trinajstić information content (AvgIpc) is 3.73. The molecule has 0 saturated heterocycles. The zero-order chi connectivity index (χ0) is 33.9. The molecule has 0 aliphatic carbocycles. The maximum Gasteiger partial charge on any atom is 0.266 e. The lowest BCUT2D eigenvalue weighted by Gasteiger charge is -2.15. The van der Waals surface area contributed by atoms with Gasteiger partial charge in [-0.05, 0) is 36.4 Å². The summed E-state index contributed by atoms with van der Waals surface area (Å²) in [5.74, 6) is 1.50. The molecule has 7 nitrogen and oxygen atoms in total. The van der Waals surface area contributed by atoms with Gasteiger partial charge in [-0.3, -0.25) is 13.9 Å². The predicted octanol–water partition coefficient (Wildman–Crippen LogP) is 9.55. The van der Waals surface area contributed by atoms with E-state index in [1.54, 1.807) is 0 Å². The Balaban J connectivity index is 1.46. The number of rotatable bonds is 5. The molecule has 0 radical (unpaired) electrons. The van der Waals surface area contributed by atoms with Crippen LogP contribution in [-0.4, -0.2) is 28.7 Å².